The van der Waals surface area contributed by atoms with Crippen LogP contribution in [0.25, 0.3) is 0 Å². The summed E-state index contributed by atoms with van der Waals surface area (Å²) in [4.78, 5) is 12.7. The lowest BCUT2D eigenvalue weighted by Gasteiger charge is -2.26. The second kappa shape index (κ2) is 8.09. The lowest BCUT2D eigenvalue weighted by Crippen LogP contribution is -2.42. The summed E-state index contributed by atoms with van der Waals surface area (Å²) in [7, 11) is 0. The van der Waals surface area contributed by atoms with Gasteiger partial charge in [0.05, 0.1) is 0 Å². The van der Waals surface area contributed by atoms with Crippen molar-refractivity contribution in [2.24, 2.45) is 0 Å². The topological polar surface area (TPSA) is 38.3 Å². The van der Waals surface area contributed by atoms with E-state index in [1.54, 1.807) is 0 Å². The molecule has 3 aromatic rings. The van der Waals surface area contributed by atoms with E-state index in [1.807, 2.05) is 54.6 Å². The molecule has 0 saturated heterocycles. The molecule has 27 heavy (non-hydrogen) atoms. The molecule has 1 aliphatic rings. The van der Waals surface area contributed by atoms with Crippen molar-refractivity contribution in [3.63, 3.8) is 0 Å². The highest BCUT2D eigenvalue weighted by Gasteiger charge is 2.26. The van der Waals surface area contributed by atoms with Crippen molar-refractivity contribution in [3.05, 3.63) is 102 Å². The summed E-state index contributed by atoms with van der Waals surface area (Å²) >= 11 is 0. The van der Waals surface area contributed by atoms with Crippen LogP contribution in [0.15, 0.2) is 84.9 Å². The Hall–Kier alpha value is -3.07. The molecule has 3 heteroatoms. The Kier molecular flexibility index (Phi) is 5.20. The highest BCUT2D eigenvalue weighted by molar-refractivity contribution is 5.81. The first kappa shape index (κ1) is 17.3. The maximum absolute atomic E-state index is 12.7. The lowest BCUT2D eigenvalue weighted by molar-refractivity contribution is -0.128. The second-order valence-electron chi connectivity index (χ2n) is 6.87. The summed E-state index contributed by atoms with van der Waals surface area (Å²) in [5, 5.41) is 3.12. The first-order valence-electron chi connectivity index (χ1n) is 9.43. The molecule has 0 bridgehead atoms. The van der Waals surface area contributed by atoms with E-state index in [2.05, 4.69) is 35.6 Å². The van der Waals surface area contributed by atoms with Crippen molar-refractivity contribution in [2.45, 2.75) is 24.9 Å². The summed E-state index contributed by atoms with van der Waals surface area (Å²) in [6.45, 7) is 0.550. The average molecular weight is 357 g/mol. The molecule has 136 valence electrons. The predicted molar refractivity (Wildman–Crippen MR) is 107 cm³/mol. The van der Waals surface area contributed by atoms with Gasteiger partial charge in [-0.15, -0.1) is 0 Å². The molecule has 1 unspecified atom stereocenters. The van der Waals surface area contributed by atoms with Crippen LogP contribution >= 0.6 is 0 Å². The highest BCUT2D eigenvalue weighted by atomic mass is 16.5. The second-order valence-corrected chi connectivity index (χ2v) is 6.87. The summed E-state index contributed by atoms with van der Waals surface area (Å²) in [5.41, 5.74) is 3.56. The number of carbonyl (C=O) groups excluding carboxylic acids is 1. The van der Waals surface area contributed by atoms with Crippen molar-refractivity contribution < 1.29 is 9.53 Å². The third-order valence-corrected chi connectivity index (χ3v) is 5.09. The molecule has 4 rings (SSSR count). The molecule has 0 aliphatic carbocycles. The van der Waals surface area contributed by atoms with E-state index in [0.29, 0.717) is 13.0 Å². The quantitative estimate of drug-likeness (QED) is 0.738. The van der Waals surface area contributed by atoms with Gasteiger partial charge < -0.3 is 10.1 Å². The van der Waals surface area contributed by atoms with Crippen molar-refractivity contribution in [1.29, 1.82) is 0 Å². The minimum absolute atomic E-state index is 0.0404. The zero-order valence-electron chi connectivity index (χ0n) is 15.2. The number of benzene rings is 3. The molecular weight excluding hydrogens is 334 g/mol. The Morgan fingerprint density at radius 2 is 1.48 bits per heavy atom. The normalized spacial score (nSPS) is 15.7. The van der Waals surface area contributed by atoms with E-state index < -0.39 is 6.10 Å². The van der Waals surface area contributed by atoms with E-state index in [4.69, 9.17) is 4.74 Å². The van der Waals surface area contributed by atoms with Gasteiger partial charge in [0.25, 0.3) is 5.91 Å². The first-order chi connectivity index (χ1) is 13.3. The number of amides is 1. The maximum atomic E-state index is 12.7. The summed E-state index contributed by atoms with van der Waals surface area (Å²) in [6, 6.07) is 28.5. The predicted octanol–water partition coefficient (Wildman–Crippen LogP) is 4.33. The SMILES string of the molecule is O=C(NCC(c1ccccc1)c1ccccc1)C1CCc2ccccc2O1. The number of hydrogen-bond acceptors (Lipinski definition) is 2. The number of carbonyl (C=O) groups is 1. The fourth-order valence-electron chi connectivity index (χ4n) is 3.62. The molecular formula is C24H23NO2. The van der Waals surface area contributed by atoms with Gasteiger partial charge in [-0.2, -0.15) is 0 Å². The first-order valence-corrected chi connectivity index (χ1v) is 9.43. The van der Waals surface area contributed by atoms with Crippen LogP contribution in [-0.4, -0.2) is 18.6 Å². The lowest BCUT2D eigenvalue weighted by atomic mass is 9.91. The largest absolute Gasteiger partial charge is 0.480 e. The third kappa shape index (κ3) is 4.03. The van der Waals surface area contributed by atoms with Crippen LogP contribution in [0.2, 0.25) is 0 Å². The number of hydrogen-bond donors (Lipinski definition) is 1. The third-order valence-electron chi connectivity index (χ3n) is 5.09. The van der Waals surface area contributed by atoms with Crippen molar-refractivity contribution >= 4 is 5.91 Å². The van der Waals surface area contributed by atoms with E-state index in [-0.39, 0.29) is 11.8 Å². The highest BCUT2D eigenvalue weighted by Crippen LogP contribution is 2.28. The van der Waals surface area contributed by atoms with Crippen molar-refractivity contribution in [2.75, 3.05) is 6.54 Å². The molecule has 0 fully saturated rings. The molecule has 1 aliphatic heterocycles. The Morgan fingerprint density at radius 1 is 0.889 bits per heavy atom. The van der Waals surface area contributed by atoms with Crippen LogP contribution < -0.4 is 10.1 Å². The average Bonchev–Trinajstić information content (AvgIpc) is 2.75. The van der Waals surface area contributed by atoms with E-state index >= 15 is 0 Å². The number of aryl methyl sites for hydroxylation is 1. The summed E-state index contributed by atoms with van der Waals surface area (Å²) in [5.74, 6) is 0.903. The molecule has 3 aromatic carbocycles. The van der Waals surface area contributed by atoms with Crippen LogP contribution in [0.5, 0.6) is 5.75 Å². The van der Waals surface area contributed by atoms with Gasteiger partial charge in [-0.1, -0.05) is 78.9 Å². The fourth-order valence-corrected chi connectivity index (χ4v) is 3.62. The van der Waals surface area contributed by atoms with Crippen molar-refractivity contribution in [3.8, 4) is 5.75 Å². The molecule has 1 heterocycles. The fraction of sp³-hybridized carbons (Fsp3) is 0.208. The summed E-state index contributed by atoms with van der Waals surface area (Å²) in [6.07, 6.45) is 1.16. The van der Waals surface area contributed by atoms with Crippen LogP contribution in [0.4, 0.5) is 0 Å². The number of fused-ring (bicyclic) bond motifs is 1. The van der Waals surface area contributed by atoms with Gasteiger partial charge in [0.1, 0.15) is 5.75 Å². The molecule has 1 N–H and O–H groups in total. The molecule has 3 nitrogen and oxygen atoms in total. The van der Waals surface area contributed by atoms with Crippen LogP contribution in [0.1, 0.15) is 29.0 Å². The minimum atomic E-state index is -0.424. The smallest absolute Gasteiger partial charge is 0.261 e. The molecule has 0 aromatic heterocycles. The summed E-state index contributed by atoms with van der Waals surface area (Å²) < 4.78 is 5.93. The van der Waals surface area contributed by atoms with Gasteiger partial charge in [0.2, 0.25) is 0 Å². The molecule has 1 amide bonds. The van der Waals surface area contributed by atoms with Gasteiger partial charge in [-0.25, -0.2) is 0 Å². The zero-order chi connectivity index (χ0) is 18.5. The Morgan fingerprint density at radius 3 is 2.15 bits per heavy atom. The van der Waals surface area contributed by atoms with Crippen LogP contribution in [0.3, 0.4) is 0 Å². The van der Waals surface area contributed by atoms with Gasteiger partial charge >= 0.3 is 0 Å². The molecule has 0 radical (unpaired) electrons. The Bertz CT molecular complexity index is 853. The van der Waals surface area contributed by atoms with Gasteiger partial charge in [-0.3, -0.25) is 4.79 Å². The van der Waals surface area contributed by atoms with E-state index in [0.717, 1.165) is 12.2 Å². The maximum Gasteiger partial charge on any atom is 0.261 e. The van der Waals surface area contributed by atoms with E-state index in [1.165, 1.54) is 16.7 Å². The monoisotopic (exact) mass is 357 g/mol. The van der Waals surface area contributed by atoms with Gasteiger partial charge in [-0.05, 0) is 35.6 Å². The van der Waals surface area contributed by atoms with Crippen LogP contribution in [0, 0.1) is 0 Å². The van der Waals surface area contributed by atoms with E-state index in [9.17, 15) is 4.79 Å². The molecule has 0 saturated carbocycles. The zero-order valence-corrected chi connectivity index (χ0v) is 15.2. The number of rotatable bonds is 5. The Labute approximate surface area is 160 Å². The minimum Gasteiger partial charge on any atom is -0.480 e. The Balaban J connectivity index is 1.46. The van der Waals surface area contributed by atoms with Gasteiger partial charge in [0.15, 0.2) is 6.10 Å². The number of ether oxygens (including phenoxy) is 1. The standard InChI is InChI=1S/C24H23NO2/c26-24(23-16-15-20-13-7-8-14-22(20)27-23)25-17-21(18-9-3-1-4-10-18)19-11-5-2-6-12-19/h1-14,21,23H,15-17H2,(H,25,26). The molecule has 0 spiro atoms. The number of para-hydroxylation sites is 1. The van der Waals surface area contributed by atoms with Gasteiger partial charge in [0, 0.05) is 12.5 Å². The van der Waals surface area contributed by atoms with Crippen molar-refractivity contribution in [1.82, 2.24) is 5.32 Å². The number of nitrogens with one attached hydrogen (secondary N) is 1. The molecule has 1 atom stereocenters. The van der Waals surface area contributed by atoms with Crippen LogP contribution in [-0.2, 0) is 11.2 Å².